The molecule has 1 saturated heterocycles. The summed E-state index contributed by atoms with van der Waals surface area (Å²) in [4.78, 5) is 13.6. The van der Waals surface area contributed by atoms with Gasteiger partial charge in [0, 0.05) is 25.7 Å². The summed E-state index contributed by atoms with van der Waals surface area (Å²) in [5.41, 5.74) is 5.60. The van der Waals surface area contributed by atoms with Crippen LogP contribution in [-0.4, -0.2) is 56.4 Å². The zero-order valence-electron chi connectivity index (χ0n) is 10.4. The fourth-order valence-electron chi connectivity index (χ4n) is 1.91. The lowest BCUT2D eigenvalue weighted by atomic mass is 10.2. The second-order valence-corrected chi connectivity index (χ2v) is 3.87. The molecule has 17 heavy (non-hydrogen) atoms. The summed E-state index contributed by atoms with van der Waals surface area (Å²) in [6.07, 6.45) is 2.06. The Balaban J connectivity index is 0.00000256. The van der Waals surface area contributed by atoms with Crippen molar-refractivity contribution in [3.8, 4) is 0 Å². The third-order valence-electron chi connectivity index (χ3n) is 2.77. The van der Waals surface area contributed by atoms with Crippen molar-refractivity contribution in [1.29, 1.82) is 0 Å². The highest BCUT2D eigenvalue weighted by Crippen LogP contribution is 2.15. The van der Waals surface area contributed by atoms with Gasteiger partial charge in [-0.1, -0.05) is 0 Å². The molecule has 1 unspecified atom stereocenters. The number of hydrogen-bond acceptors (Lipinski definition) is 4. The van der Waals surface area contributed by atoms with Crippen LogP contribution in [0.3, 0.4) is 0 Å². The Morgan fingerprint density at radius 3 is 2.76 bits per heavy atom. The number of ether oxygens (including phenoxy) is 2. The molecule has 1 aliphatic rings. The number of halogens is 1. The van der Waals surface area contributed by atoms with Crippen molar-refractivity contribution in [3.63, 3.8) is 0 Å². The van der Waals surface area contributed by atoms with Crippen molar-refractivity contribution in [3.05, 3.63) is 0 Å². The molecule has 0 aromatic carbocycles. The zero-order chi connectivity index (χ0) is 11.8. The van der Waals surface area contributed by atoms with E-state index in [0.717, 1.165) is 19.4 Å². The Bertz CT molecular complexity index is 217. The van der Waals surface area contributed by atoms with Crippen LogP contribution in [0.2, 0.25) is 0 Å². The van der Waals surface area contributed by atoms with Gasteiger partial charge in [0.15, 0.2) is 0 Å². The van der Waals surface area contributed by atoms with E-state index in [1.54, 1.807) is 0 Å². The summed E-state index contributed by atoms with van der Waals surface area (Å²) in [7, 11) is 0. The van der Waals surface area contributed by atoms with Crippen molar-refractivity contribution in [2.24, 2.45) is 5.73 Å². The van der Waals surface area contributed by atoms with Crippen molar-refractivity contribution in [1.82, 2.24) is 4.90 Å². The summed E-state index contributed by atoms with van der Waals surface area (Å²) >= 11 is 0. The largest absolute Gasteiger partial charge is 0.379 e. The molecule has 1 aliphatic heterocycles. The standard InChI is InChI=1S/C11H22N2O3.ClH/c1-2-15-6-7-16-9-11(14)13-5-3-4-10(13)8-12;/h10H,2-9,12H2,1H3;1H. The van der Waals surface area contributed by atoms with Crippen LogP contribution in [0.25, 0.3) is 0 Å². The van der Waals surface area contributed by atoms with Crippen LogP contribution < -0.4 is 5.73 Å². The zero-order valence-corrected chi connectivity index (χ0v) is 11.2. The van der Waals surface area contributed by atoms with Crippen molar-refractivity contribution in [2.45, 2.75) is 25.8 Å². The molecule has 6 heteroatoms. The van der Waals surface area contributed by atoms with Crippen LogP contribution in [0.5, 0.6) is 0 Å². The van der Waals surface area contributed by atoms with E-state index < -0.39 is 0 Å². The van der Waals surface area contributed by atoms with Crippen molar-refractivity contribution >= 4 is 18.3 Å². The Labute approximate surface area is 109 Å². The first-order chi connectivity index (χ1) is 7.79. The molecular formula is C11H23ClN2O3. The highest BCUT2D eigenvalue weighted by atomic mass is 35.5. The van der Waals surface area contributed by atoms with E-state index in [9.17, 15) is 4.79 Å². The lowest BCUT2D eigenvalue weighted by Crippen LogP contribution is -2.41. The molecule has 1 amide bonds. The molecule has 1 atom stereocenters. The highest BCUT2D eigenvalue weighted by molar-refractivity contribution is 5.85. The first kappa shape index (κ1) is 16.6. The van der Waals surface area contributed by atoms with Gasteiger partial charge in [0.05, 0.1) is 13.2 Å². The van der Waals surface area contributed by atoms with Gasteiger partial charge in [-0.25, -0.2) is 0 Å². The van der Waals surface area contributed by atoms with Gasteiger partial charge in [0.25, 0.3) is 0 Å². The predicted octanol–water partition coefficient (Wildman–Crippen LogP) is 0.411. The Morgan fingerprint density at radius 2 is 2.12 bits per heavy atom. The number of hydrogen-bond donors (Lipinski definition) is 1. The summed E-state index contributed by atoms with van der Waals surface area (Å²) < 4.78 is 10.4. The summed E-state index contributed by atoms with van der Waals surface area (Å²) in [5.74, 6) is 0.0458. The van der Waals surface area contributed by atoms with Crippen molar-refractivity contribution < 1.29 is 14.3 Å². The molecular weight excluding hydrogens is 244 g/mol. The van der Waals surface area contributed by atoms with Crippen LogP contribution >= 0.6 is 12.4 Å². The minimum atomic E-state index is 0. The maximum absolute atomic E-state index is 11.8. The van der Waals surface area contributed by atoms with E-state index in [-0.39, 0.29) is 31.0 Å². The first-order valence-electron chi connectivity index (χ1n) is 5.94. The SMILES string of the molecule is CCOCCOCC(=O)N1CCCC1CN.Cl. The molecule has 102 valence electrons. The number of nitrogens with two attached hydrogens (primary N) is 1. The number of rotatable bonds is 7. The maximum Gasteiger partial charge on any atom is 0.248 e. The molecule has 0 aliphatic carbocycles. The lowest BCUT2D eigenvalue weighted by Gasteiger charge is -2.23. The number of amides is 1. The fourth-order valence-corrected chi connectivity index (χ4v) is 1.91. The van der Waals surface area contributed by atoms with E-state index in [1.165, 1.54) is 0 Å². The molecule has 0 aromatic rings. The average molecular weight is 267 g/mol. The summed E-state index contributed by atoms with van der Waals surface area (Å²) in [5, 5.41) is 0. The second-order valence-electron chi connectivity index (χ2n) is 3.87. The molecule has 0 spiro atoms. The van der Waals surface area contributed by atoms with Crippen LogP contribution in [0, 0.1) is 0 Å². The van der Waals surface area contributed by atoms with Gasteiger partial charge >= 0.3 is 0 Å². The van der Waals surface area contributed by atoms with Gasteiger partial charge < -0.3 is 20.1 Å². The monoisotopic (exact) mass is 266 g/mol. The summed E-state index contributed by atoms with van der Waals surface area (Å²) in [6, 6.07) is 0.211. The molecule has 1 rings (SSSR count). The van der Waals surface area contributed by atoms with E-state index in [4.69, 9.17) is 15.2 Å². The van der Waals surface area contributed by atoms with Gasteiger partial charge in [-0.3, -0.25) is 4.79 Å². The molecule has 1 fully saturated rings. The van der Waals surface area contributed by atoms with Gasteiger partial charge in [0.1, 0.15) is 6.61 Å². The smallest absolute Gasteiger partial charge is 0.248 e. The fraction of sp³-hybridized carbons (Fsp3) is 0.909. The van der Waals surface area contributed by atoms with E-state index in [1.807, 2.05) is 11.8 Å². The molecule has 1 heterocycles. The maximum atomic E-state index is 11.8. The molecule has 5 nitrogen and oxygen atoms in total. The number of likely N-dealkylation sites (tertiary alicyclic amines) is 1. The third-order valence-corrected chi connectivity index (χ3v) is 2.77. The minimum absolute atomic E-state index is 0. The van der Waals surface area contributed by atoms with E-state index in [0.29, 0.717) is 26.4 Å². The first-order valence-corrected chi connectivity index (χ1v) is 5.94. The molecule has 0 saturated carbocycles. The topological polar surface area (TPSA) is 64.8 Å². The predicted molar refractivity (Wildman–Crippen MR) is 68.3 cm³/mol. The highest BCUT2D eigenvalue weighted by Gasteiger charge is 2.27. The lowest BCUT2D eigenvalue weighted by molar-refractivity contribution is -0.137. The van der Waals surface area contributed by atoms with Crippen molar-refractivity contribution in [2.75, 3.05) is 39.5 Å². The van der Waals surface area contributed by atoms with Gasteiger partial charge in [-0.15, -0.1) is 12.4 Å². The second kappa shape index (κ2) is 9.65. The third kappa shape index (κ3) is 5.68. The number of nitrogens with zero attached hydrogens (tertiary/aromatic N) is 1. The molecule has 0 radical (unpaired) electrons. The quantitative estimate of drug-likeness (QED) is 0.678. The van der Waals surface area contributed by atoms with E-state index >= 15 is 0 Å². The Morgan fingerprint density at radius 1 is 1.41 bits per heavy atom. The van der Waals surface area contributed by atoms with Crippen LogP contribution in [0.4, 0.5) is 0 Å². The van der Waals surface area contributed by atoms with Crippen LogP contribution in [-0.2, 0) is 14.3 Å². The molecule has 0 bridgehead atoms. The average Bonchev–Trinajstić information content (AvgIpc) is 2.76. The Kier molecular flexibility index (Phi) is 9.44. The van der Waals surface area contributed by atoms with E-state index in [2.05, 4.69) is 0 Å². The normalized spacial score (nSPS) is 19.2. The van der Waals surface area contributed by atoms with Gasteiger partial charge in [-0.05, 0) is 19.8 Å². The number of carbonyl (C=O) groups is 1. The molecule has 0 aromatic heterocycles. The summed E-state index contributed by atoms with van der Waals surface area (Å²) in [6.45, 7) is 5.13. The van der Waals surface area contributed by atoms with Crippen LogP contribution in [0.15, 0.2) is 0 Å². The minimum Gasteiger partial charge on any atom is -0.379 e. The van der Waals surface area contributed by atoms with Gasteiger partial charge in [0.2, 0.25) is 5.91 Å². The Hall–Kier alpha value is -0.360. The number of carbonyl (C=O) groups excluding carboxylic acids is 1. The van der Waals surface area contributed by atoms with Crippen LogP contribution in [0.1, 0.15) is 19.8 Å². The van der Waals surface area contributed by atoms with Gasteiger partial charge in [-0.2, -0.15) is 0 Å². The molecule has 2 N–H and O–H groups in total.